The highest BCUT2D eigenvalue weighted by molar-refractivity contribution is 9.10. The average molecular weight is 336 g/mol. The molecule has 20 heavy (non-hydrogen) atoms. The predicted octanol–water partition coefficient (Wildman–Crippen LogP) is 4.17. The molecule has 2 nitrogen and oxygen atoms in total. The van der Waals surface area contributed by atoms with E-state index in [1.807, 2.05) is 19.1 Å². The van der Waals surface area contributed by atoms with Gasteiger partial charge in [-0.2, -0.15) is 0 Å². The Hall–Kier alpha value is -1.68. The van der Waals surface area contributed by atoms with E-state index >= 15 is 0 Å². The van der Waals surface area contributed by atoms with Gasteiger partial charge >= 0.3 is 0 Å². The monoisotopic (exact) mass is 335 g/mol. The van der Waals surface area contributed by atoms with Gasteiger partial charge in [-0.25, -0.2) is 4.39 Å². The number of carbonyl (C=O) groups is 1. The Balaban J connectivity index is 2.21. The van der Waals surface area contributed by atoms with Crippen LogP contribution in [0.1, 0.15) is 21.5 Å². The Labute approximate surface area is 126 Å². The summed E-state index contributed by atoms with van der Waals surface area (Å²) in [6.45, 7) is 2.17. The number of hydrogen-bond donors (Lipinski definition) is 0. The van der Waals surface area contributed by atoms with Crippen LogP contribution >= 0.6 is 15.9 Å². The number of rotatable bonds is 3. The molecule has 0 fully saturated rings. The summed E-state index contributed by atoms with van der Waals surface area (Å²) in [5.41, 5.74) is 2.09. The maximum Gasteiger partial charge on any atom is 0.255 e. The van der Waals surface area contributed by atoms with Gasteiger partial charge in [0, 0.05) is 23.6 Å². The van der Waals surface area contributed by atoms with Crippen molar-refractivity contribution < 1.29 is 9.18 Å². The zero-order valence-corrected chi connectivity index (χ0v) is 12.9. The van der Waals surface area contributed by atoms with Crippen molar-refractivity contribution in [1.29, 1.82) is 0 Å². The van der Waals surface area contributed by atoms with Crippen molar-refractivity contribution in [3.63, 3.8) is 0 Å². The van der Waals surface area contributed by atoms with Crippen LogP contribution in [0, 0.1) is 12.7 Å². The predicted molar refractivity (Wildman–Crippen MR) is 81.1 cm³/mol. The van der Waals surface area contributed by atoms with Gasteiger partial charge in [0.1, 0.15) is 5.82 Å². The molecule has 4 heteroatoms. The quantitative estimate of drug-likeness (QED) is 0.824. The van der Waals surface area contributed by atoms with Crippen molar-refractivity contribution in [1.82, 2.24) is 4.90 Å². The Morgan fingerprint density at radius 3 is 2.60 bits per heavy atom. The third kappa shape index (κ3) is 3.07. The number of carbonyl (C=O) groups excluding carboxylic acids is 1. The van der Waals surface area contributed by atoms with E-state index in [0.29, 0.717) is 11.1 Å². The molecule has 2 rings (SSSR count). The highest BCUT2D eigenvalue weighted by atomic mass is 79.9. The maximum atomic E-state index is 13.6. The van der Waals surface area contributed by atoms with Crippen LogP contribution in [0.15, 0.2) is 46.9 Å². The van der Waals surface area contributed by atoms with Gasteiger partial charge in [0.15, 0.2) is 0 Å². The Morgan fingerprint density at radius 1 is 1.20 bits per heavy atom. The topological polar surface area (TPSA) is 20.3 Å². The van der Waals surface area contributed by atoms with Crippen molar-refractivity contribution >= 4 is 21.8 Å². The minimum Gasteiger partial charge on any atom is -0.337 e. The van der Waals surface area contributed by atoms with E-state index in [4.69, 9.17) is 0 Å². The normalized spacial score (nSPS) is 10.4. The lowest BCUT2D eigenvalue weighted by Crippen LogP contribution is -2.27. The molecule has 1 amide bonds. The summed E-state index contributed by atoms with van der Waals surface area (Å²) in [5, 5.41) is 0. The molecule has 2 aromatic rings. The first-order valence-corrected chi connectivity index (χ1v) is 7.04. The summed E-state index contributed by atoms with van der Waals surface area (Å²) in [4.78, 5) is 13.9. The lowest BCUT2D eigenvalue weighted by Gasteiger charge is -2.19. The molecular formula is C16H15BrFNO. The Bertz CT molecular complexity index is 642. The molecular weight excluding hydrogens is 321 g/mol. The van der Waals surface area contributed by atoms with Crippen LogP contribution in [0.2, 0.25) is 0 Å². The van der Waals surface area contributed by atoms with E-state index in [1.54, 1.807) is 31.3 Å². The van der Waals surface area contributed by atoms with Crippen LogP contribution in [0.3, 0.4) is 0 Å². The summed E-state index contributed by atoms with van der Waals surface area (Å²) in [6, 6.07) is 12.0. The van der Waals surface area contributed by atoms with E-state index < -0.39 is 0 Å². The minimum atomic E-state index is -0.296. The molecule has 0 radical (unpaired) electrons. The van der Waals surface area contributed by atoms with E-state index in [0.717, 1.165) is 10.0 Å². The molecule has 0 aliphatic carbocycles. The van der Waals surface area contributed by atoms with E-state index in [9.17, 15) is 9.18 Å². The summed E-state index contributed by atoms with van der Waals surface area (Å²) < 4.78 is 14.4. The highest BCUT2D eigenvalue weighted by Crippen LogP contribution is 2.22. The summed E-state index contributed by atoms with van der Waals surface area (Å²) >= 11 is 3.43. The standard InChI is InChI=1S/C16H15BrFNO/c1-11-6-5-8-13(15(11)17)16(20)19(2)10-12-7-3-4-9-14(12)18/h3-9H,10H2,1-2H3. The maximum absolute atomic E-state index is 13.6. The third-order valence-corrected chi connectivity index (χ3v) is 4.19. The molecule has 0 saturated heterocycles. The fourth-order valence-electron chi connectivity index (χ4n) is 1.97. The van der Waals surface area contributed by atoms with Gasteiger partial charge in [-0.05, 0) is 40.5 Å². The number of hydrogen-bond acceptors (Lipinski definition) is 1. The van der Waals surface area contributed by atoms with Crippen molar-refractivity contribution in [3.8, 4) is 0 Å². The van der Waals surface area contributed by atoms with Crippen LogP contribution < -0.4 is 0 Å². The van der Waals surface area contributed by atoms with Crippen LogP contribution in [0.25, 0.3) is 0 Å². The fraction of sp³-hybridized carbons (Fsp3) is 0.188. The highest BCUT2D eigenvalue weighted by Gasteiger charge is 2.16. The second-order valence-electron chi connectivity index (χ2n) is 4.69. The third-order valence-electron chi connectivity index (χ3n) is 3.13. The van der Waals surface area contributed by atoms with Crippen LogP contribution in [-0.4, -0.2) is 17.9 Å². The first kappa shape index (κ1) is 14.7. The zero-order valence-electron chi connectivity index (χ0n) is 11.4. The molecule has 0 aliphatic heterocycles. The summed E-state index contributed by atoms with van der Waals surface area (Å²) in [6.07, 6.45) is 0. The number of halogens is 2. The smallest absolute Gasteiger partial charge is 0.255 e. The van der Waals surface area contributed by atoms with Crippen molar-refractivity contribution in [2.24, 2.45) is 0 Å². The van der Waals surface area contributed by atoms with Gasteiger partial charge in [0.2, 0.25) is 0 Å². The molecule has 0 bridgehead atoms. The lowest BCUT2D eigenvalue weighted by atomic mass is 10.1. The van der Waals surface area contributed by atoms with Crippen molar-refractivity contribution in [2.75, 3.05) is 7.05 Å². The summed E-state index contributed by atoms with van der Waals surface area (Å²) in [5.74, 6) is -0.431. The molecule has 0 saturated carbocycles. The van der Waals surface area contributed by atoms with Gasteiger partial charge in [0.25, 0.3) is 5.91 Å². The molecule has 0 spiro atoms. The first-order valence-electron chi connectivity index (χ1n) is 6.24. The van der Waals surface area contributed by atoms with Gasteiger partial charge in [-0.15, -0.1) is 0 Å². The lowest BCUT2D eigenvalue weighted by molar-refractivity contribution is 0.0783. The van der Waals surface area contributed by atoms with Gasteiger partial charge in [-0.3, -0.25) is 4.79 Å². The second kappa shape index (κ2) is 6.18. The van der Waals surface area contributed by atoms with Crippen LogP contribution in [0.5, 0.6) is 0 Å². The molecule has 2 aromatic carbocycles. The fourth-order valence-corrected chi connectivity index (χ4v) is 2.41. The Kier molecular flexibility index (Phi) is 4.55. The first-order chi connectivity index (χ1) is 9.50. The van der Waals surface area contributed by atoms with Crippen LogP contribution in [0.4, 0.5) is 4.39 Å². The van der Waals surface area contributed by atoms with Gasteiger partial charge in [0.05, 0.1) is 5.56 Å². The molecule has 0 atom stereocenters. The number of aryl methyl sites for hydroxylation is 1. The molecule has 104 valence electrons. The SMILES string of the molecule is Cc1cccc(C(=O)N(C)Cc2ccccc2F)c1Br. The van der Waals surface area contributed by atoms with Crippen molar-refractivity contribution in [2.45, 2.75) is 13.5 Å². The number of nitrogens with zero attached hydrogens (tertiary/aromatic N) is 1. The summed E-state index contributed by atoms with van der Waals surface area (Å²) in [7, 11) is 1.67. The van der Waals surface area contributed by atoms with E-state index in [2.05, 4.69) is 15.9 Å². The second-order valence-corrected chi connectivity index (χ2v) is 5.48. The number of amides is 1. The molecule has 0 aromatic heterocycles. The van der Waals surface area contributed by atoms with Crippen molar-refractivity contribution in [3.05, 3.63) is 69.4 Å². The molecule has 0 aliphatic rings. The number of benzene rings is 2. The molecule has 0 heterocycles. The van der Waals surface area contributed by atoms with Gasteiger partial charge < -0.3 is 4.90 Å². The van der Waals surface area contributed by atoms with E-state index in [-0.39, 0.29) is 18.3 Å². The van der Waals surface area contributed by atoms with E-state index in [1.165, 1.54) is 11.0 Å². The van der Waals surface area contributed by atoms with Gasteiger partial charge in [-0.1, -0.05) is 30.3 Å². The minimum absolute atomic E-state index is 0.135. The molecule has 0 N–H and O–H groups in total. The zero-order chi connectivity index (χ0) is 14.7. The largest absolute Gasteiger partial charge is 0.337 e. The Morgan fingerprint density at radius 2 is 1.90 bits per heavy atom. The average Bonchev–Trinajstić information content (AvgIpc) is 2.43. The molecule has 0 unspecified atom stereocenters. The van der Waals surface area contributed by atoms with Crippen LogP contribution in [-0.2, 0) is 6.54 Å².